The topological polar surface area (TPSA) is 71.3 Å². The molecular formula is C20H16Cl2N2O3. The molecule has 0 bridgehead atoms. The van der Waals surface area contributed by atoms with Crippen LogP contribution in [0.15, 0.2) is 60.7 Å². The van der Waals surface area contributed by atoms with Crippen molar-refractivity contribution in [1.82, 2.24) is 4.68 Å². The second kappa shape index (κ2) is 8.29. The molecule has 0 atom stereocenters. The zero-order valence-corrected chi connectivity index (χ0v) is 15.7. The third-order valence-corrected chi connectivity index (χ3v) is 4.56. The molecule has 0 radical (unpaired) electrons. The molecule has 0 spiro atoms. The van der Waals surface area contributed by atoms with Gasteiger partial charge in [-0.15, -0.1) is 0 Å². The van der Waals surface area contributed by atoms with Crippen molar-refractivity contribution in [2.75, 3.05) is 5.43 Å². The van der Waals surface area contributed by atoms with Gasteiger partial charge in [-0.3, -0.25) is 19.7 Å². The lowest BCUT2D eigenvalue weighted by atomic mass is 10.2. The lowest BCUT2D eigenvalue weighted by Gasteiger charge is -2.15. The smallest absolute Gasteiger partial charge is 0.303 e. The first-order valence-corrected chi connectivity index (χ1v) is 8.95. The third-order valence-electron chi connectivity index (χ3n) is 4.02. The van der Waals surface area contributed by atoms with Crippen molar-refractivity contribution < 1.29 is 14.7 Å². The van der Waals surface area contributed by atoms with Gasteiger partial charge in [-0.1, -0.05) is 53.5 Å². The summed E-state index contributed by atoms with van der Waals surface area (Å²) in [4.78, 5) is 23.7. The highest BCUT2D eigenvalue weighted by molar-refractivity contribution is 6.37. The number of halogens is 2. The summed E-state index contributed by atoms with van der Waals surface area (Å²) in [6, 6.07) is 17.8. The maximum Gasteiger partial charge on any atom is 0.303 e. The van der Waals surface area contributed by atoms with Crippen molar-refractivity contribution in [2.45, 2.75) is 12.8 Å². The van der Waals surface area contributed by atoms with Gasteiger partial charge in [0, 0.05) is 22.7 Å². The molecule has 3 aromatic rings. The fourth-order valence-corrected chi connectivity index (χ4v) is 3.21. The minimum atomic E-state index is -0.906. The minimum Gasteiger partial charge on any atom is -0.481 e. The number of aromatic nitrogens is 1. The van der Waals surface area contributed by atoms with Gasteiger partial charge in [0.15, 0.2) is 0 Å². The number of aliphatic carboxylic acids is 1. The van der Waals surface area contributed by atoms with Crippen LogP contribution in [0.4, 0.5) is 0 Å². The molecule has 1 aromatic heterocycles. The lowest BCUT2D eigenvalue weighted by Crippen LogP contribution is -2.25. The number of benzene rings is 2. The molecule has 3 rings (SSSR count). The average molecular weight is 403 g/mol. The Morgan fingerprint density at radius 3 is 2.41 bits per heavy atom. The number of rotatable bonds is 6. The summed E-state index contributed by atoms with van der Waals surface area (Å²) in [5.74, 6) is -1.32. The van der Waals surface area contributed by atoms with Gasteiger partial charge in [-0.25, -0.2) is 0 Å². The predicted octanol–water partition coefficient (Wildman–Crippen LogP) is 4.86. The molecule has 2 N–H and O–H groups in total. The molecule has 27 heavy (non-hydrogen) atoms. The Labute approximate surface area is 166 Å². The SMILES string of the molecule is O=C(O)CCc1ccc(-c2ccccc2)n1NC(=O)c1ccc(Cl)cc1Cl. The molecule has 7 heteroatoms. The molecule has 1 heterocycles. The first-order valence-electron chi connectivity index (χ1n) is 8.20. The van der Waals surface area contributed by atoms with Gasteiger partial charge in [0.1, 0.15) is 0 Å². The monoisotopic (exact) mass is 402 g/mol. The highest BCUT2D eigenvalue weighted by Gasteiger charge is 2.16. The molecule has 0 saturated heterocycles. The molecule has 0 aliphatic rings. The summed E-state index contributed by atoms with van der Waals surface area (Å²) in [5.41, 5.74) is 5.40. The third kappa shape index (κ3) is 4.51. The molecule has 0 aliphatic carbocycles. The number of nitrogens with zero attached hydrogens (tertiary/aromatic N) is 1. The quantitative estimate of drug-likeness (QED) is 0.617. The number of nitrogens with one attached hydrogen (secondary N) is 1. The van der Waals surface area contributed by atoms with E-state index in [1.165, 1.54) is 6.07 Å². The lowest BCUT2D eigenvalue weighted by molar-refractivity contribution is -0.136. The molecule has 0 fully saturated rings. The standard InChI is InChI=1S/C20H16Cl2N2O3/c21-14-6-9-16(17(22)12-14)20(27)23-24-15(8-11-19(25)26)7-10-18(24)13-4-2-1-3-5-13/h1-7,9-10,12H,8,11H2,(H,23,27)(H,25,26). The number of hydrogen-bond acceptors (Lipinski definition) is 2. The fraction of sp³-hybridized carbons (Fsp3) is 0.100. The first-order chi connectivity index (χ1) is 13.0. The Morgan fingerprint density at radius 1 is 1.00 bits per heavy atom. The average Bonchev–Trinajstić information content (AvgIpc) is 3.03. The van der Waals surface area contributed by atoms with Crippen molar-refractivity contribution in [3.05, 3.63) is 82.0 Å². The Balaban J connectivity index is 1.97. The second-order valence-corrected chi connectivity index (χ2v) is 6.71. The molecule has 0 unspecified atom stereocenters. The first kappa shape index (κ1) is 19.0. The number of carbonyl (C=O) groups excluding carboxylic acids is 1. The summed E-state index contributed by atoms with van der Waals surface area (Å²) < 4.78 is 1.60. The van der Waals surface area contributed by atoms with Crippen molar-refractivity contribution in [3.63, 3.8) is 0 Å². The van der Waals surface area contributed by atoms with Crippen LogP contribution in [0, 0.1) is 0 Å². The highest BCUT2D eigenvalue weighted by Crippen LogP contribution is 2.24. The van der Waals surface area contributed by atoms with Crippen molar-refractivity contribution in [2.24, 2.45) is 0 Å². The van der Waals surface area contributed by atoms with Crippen LogP contribution < -0.4 is 5.43 Å². The summed E-state index contributed by atoms with van der Waals surface area (Å²) in [7, 11) is 0. The fourth-order valence-electron chi connectivity index (χ4n) is 2.71. The van der Waals surface area contributed by atoms with Gasteiger partial charge in [-0.05, 0) is 30.3 Å². The molecular weight excluding hydrogens is 387 g/mol. The minimum absolute atomic E-state index is 0.0458. The van der Waals surface area contributed by atoms with Gasteiger partial charge in [0.05, 0.1) is 22.7 Å². The summed E-state index contributed by atoms with van der Waals surface area (Å²) in [6.07, 6.45) is 0.229. The van der Waals surface area contributed by atoms with Crippen LogP contribution in [0.2, 0.25) is 10.0 Å². The van der Waals surface area contributed by atoms with Crippen LogP contribution >= 0.6 is 23.2 Å². The number of carboxylic acids is 1. The van der Waals surface area contributed by atoms with Crippen LogP contribution in [0.1, 0.15) is 22.5 Å². The molecule has 2 aromatic carbocycles. The van der Waals surface area contributed by atoms with E-state index in [0.717, 1.165) is 11.3 Å². The maximum atomic E-state index is 12.7. The number of carboxylic acid groups (broad SMARTS) is 1. The maximum absolute atomic E-state index is 12.7. The normalized spacial score (nSPS) is 10.6. The Morgan fingerprint density at radius 2 is 1.74 bits per heavy atom. The van der Waals surface area contributed by atoms with E-state index in [4.69, 9.17) is 28.3 Å². The summed E-state index contributed by atoms with van der Waals surface area (Å²) in [6.45, 7) is 0. The van der Waals surface area contributed by atoms with E-state index in [1.54, 1.807) is 22.9 Å². The van der Waals surface area contributed by atoms with E-state index in [1.807, 2.05) is 36.4 Å². The van der Waals surface area contributed by atoms with E-state index in [-0.39, 0.29) is 23.4 Å². The molecule has 0 aliphatic heterocycles. The molecule has 1 amide bonds. The van der Waals surface area contributed by atoms with Crippen molar-refractivity contribution in [3.8, 4) is 11.3 Å². The number of hydrogen-bond donors (Lipinski definition) is 2. The van der Waals surface area contributed by atoms with Crippen LogP contribution in [0.5, 0.6) is 0 Å². The Bertz CT molecular complexity index is 984. The van der Waals surface area contributed by atoms with Crippen molar-refractivity contribution >= 4 is 35.1 Å². The zero-order chi connectivity index (χ0) is 19.4. The molecule has 138 valence electrons. The second-order valence-electron chi connectivity index (χ2n) is 5.87. The Hall–Kier alpha value is -2.76. The van der Waals surface area contributed by atoms with Crippen LogP contribution in [-0.4, -0.2) is 21.7 Å². The number of amides is 1. The van der Waals surface area contributed by atoms with E-state index >= 15 is 0 Å². The largest absolute Gasteiger partial charge is 0.481 e. The van der Waals surface area contributed by atoms with Crippen LogP contribution in [0.25, 0.3) is 11.3 Å². The highest BCUT2D eigenvalue weighted by atomic mass is 35.5. The van der Waals surface area contributed by atoms with Gasteiger partial charge < -0.3 is 5.11 Å². The summed E-state index contributed by atoms with van der Waals surface area (Å²) in [5, 5.41) is 9.66. The van der Waals surface area contributed by atoms with E-state index in [2.05, 4.69) is 5.43 Å². The Kier molecular flexibility index (Phi) is 5.84. The van der Waals surface area contributed by atoms with Crippen LogP contribution in [-0.2, 0) is 11.2 Å². The van der Waals surface area contributed by atoms with Crippen molar-refractivity contribution in [1.29, 1.82) is 0 Å². The van der Waals surface area contributed by atoms with E-state index in [0.29, 0.717) is 10.7 Å². The van der Waals surface area contributed by atoms with Gasteiger partial charge in [0.25, 0.3) is 5.91 Å². The number of carbonyl (C=O) groups is 2. The van der Waals surface area contributed by atoms with E-state index < -0.39 is 11.9 Å². The van der Waals surface area contributed by atoms with Gasteiger partial charge in [-0.2, -0.15) is 0 Å². The van der Waals surface area contributed by atoms with Gasteiger partial charge >= 0.3 is 5.97 Å². The molecule has 0 saturated carbocycles. The molecule has 5 nitrogen and oxygen atoms in total. The van der Waals surface area contributed by atoms with E-state index in [9.17, 15) is 9.59 Å². The predicted molar refractivity (Wildman–Crippen MR) is 106 cm³/mol. The van der Waals surface area contributed by atoms with Gasteiger partial charge in [0.2, 0.25) is 0 Å². The number of aryl methyl sites for hydroxylation is 1. The van der Waals surface area contributed by atoms with Crippen LogP contribution in [0.3, 0.4) is 0 Å². The zero-order valence-electron chi connectivity index (χ0n) is 14.2. The summed E-state index contributed by atoms with van der Waals surface area (Å²) >= 11 is 12.0.